The Bertz CT molecular complexity index is 543. The lowest BCUT2D eigenvalue weighted by atomic mass is 10.3. The van der Waals surface area contributed by atoms with Crippen molar-refractivity contribution in [2.45, 2.75) is 6.92 Å². The Balaban J connectivity index is 2.19. The number of nitrogens with one attached hydrogen (secondary N) is 1. The summed E-state index contributed by atoms with van der Waals surface area (Å²) in [6, 6.07) is 8.50. The van der Waals surface area contributed by atoms with Crippen LogP contribution in [-0.4, -0.2) is 15.9 Å². The van der Waals surface area contributed by atoms with Gasteiger partial charge in [-0.15, -0.1) is 0 Å². The van der Waals surface area contributed by atoms with Gasteiger partial charge < -0.3 is 5.32 Å². The third kappa shape index (κ3) is 2.79. The first kappa shape index (κ1) is 11.5. The summed E-state index contributed by atoms with van der Waals surface area (Å²) in [5.74, 6) is -0.266. The summed E-state index contributed by atoms with van der Waals surface area (Å²) in [7, 11) is 0. The van der Waals surface area contributed by atoms with Gasteiger partial charge in [0.25, 0.3) is 5.91 Å². The zero-order chi connectivity index (χ0) is 12.3. The van der Waals surface area contributed by atoms with Gasteiger partial charge in [-0.2, -0.15) is 0 Å². The van der Waals surface area contributed by atoms with E-state index in [0.29, 0.717) is 22.2 Å². The van der Waals surface area contributed by atoms with Crippen molar-refractivity contribution >= 4 is 23.2 Å². The van der Waals surface area contributed by atoms with E-state index in [1.807, 2.05) is 0 Å². The summed E-state index contributed by atoms with van der Waals surface area (Å²) < 4.78 is 0. The average molecular weight is 248 g/mol. The van der Waals surface area contributed by atoms with Gasteiger partial charge in [-0.1, -0.05) is 17.7 Å². The predicted molar refractivity (Wildman–Crippen MR) is 66.2 cm³/mol. The van der Waals surface area contributed by atoms with Crippen molar-refractivity contribution in [2.75, 3.05) is 5.32 Å². The van der Waals surface area contributed by atoms with Crippen molar-refractivity contribution in [3.05, 3.63) is 53.1 Å². The molecule has 0 bridgehead atoms. The summed E-state index contributed by atoms with van der Waals surface area (Å²) in [6.45, 7) is 1.78. The molecule has 5 heteroatoms. The lowest BCUT2D eigenvalue weighted by Crippen LogP contribution is -2.14. The second kappa shape index (κ2) is 4.93. The van der Waals surface area contributed by atoms with Gasteiger partial charge in [0.15, 0.2) is 0 Å². The maximum Gasteiger partial charge on any atom is 0.274 e. The van der Waals surface area contributed by atoms with Crippen LogP contribution in [0.25, 0.3) is 0 Å². The molecule has 4 nitrogen and oxygen atoms in total. The van der Waals surface area contributed by atoms with Gasteiger partial charge >= 0.3 is 0 Å². The largest absolute Gasteiger partial charge is 0.319 e. The molecule has 0 saturated heterocycles. The van der Waals surface area contributed by atoms with Crippen LogP contribution in [0.15, 0.2) is 36.5 Å². The van der Waals surface area contributed by atoms with Gasteiger partial charge in [-0.3, -0.25) is 9.78 Å². The molecule has 0 radical (unpaired) electrons. The topological polar surface area (TPSA) is 54.9 Å². The molecule has 0 aliphatic rings. The first-order valence-corrected chi connectivity index (χ1v) is 5.40. The van der Waals surface area contributed by atoms with E-state index in [1.54, 1.807) is 43.5 Å². The number of nitrogens with zero attached hydrogens (tertiary/aromatic N) is 2. The molecule has 86 valence electrons. The highest BCUT2D eigenvalue weighted by molar-refractivity contribution is 6.29. The quantitative estimate of drug-likeness (QED) is 0.830. The highest BCUT2D eigenvalue weighted by Crippen LogP contribution is 2.16. The molecule has 0 atom stereocenters. The normalized spacial score (nSPS) is 10.0. The van der Waals surface area contributed by atoms with E-state index in [2.05, 4.69) is 15.3 Å². The zero-order valence-electron chi connectivity index (χ0n) is 9.14. The van der Waals surface area contributed by atoms with Crippen molar-refractivity contribution in [2.24, 2.45) is 0 Å². The third-order valence-electron chi connectivity index (χ3n) is 2.20. The number of halogens is 1. The van der Waals surface area contributed by atoms with Crippen molar-refractivity contribution in [3.63, 3.8) is 0 Å². The van der Waals surface area contributed by atoms with Crippen LogP contribution < -0.4 is 5.32 Å². The lowest BCUT2D eigenvalue weighted by Gasteiger charge is -2.07. The fourth-order valence-corrected chi connectivity index (χ4v) is 1.54. The van der Waals surface area contributed by atoms with Crippen LogP contribution >= 0.6 is 11.6 Å². The molecule has 0 spiro atoms. The minimum absolute atomic E-state index is 0.266. The molecule has 2 aromatic rings. The van der Waals surface area contributed by atoms with Gasteiger partial charge in [0, 0.05) is 6.20 Å². The number of aryl methyl sites for hydroxylation is 1. The lowest BCUT2D eigenvalue weighted by molar-refractivity contribution is 0.102. The predicted octanol–water partition coefficient (Wildman–Crippen LogP) is 2.69. The van der Waals surface area contributed by atoms with Crippen molar-refractivity contribution in [1.82, 2.24) is 9.97 Å². The summed E-state index contributed by atoms with van der Waals surface area (Å²) in [5.41, 5.74) is 1.66. The van der Waals surface area contributed by atoms with E-state index in [1.165, 1.54) is 0 Å². The number of hydrogen-bond donors (Lipinski definition) is 1. The maximum atomic E-state index is 11.8. The Morgan fingerprint density at radius 3 is 2.76 bits per heavy atom. The Morgan fingerprint density at radius 2 is 2.12 bits per heavy atom. The summed E-state index contributed by atoms with van der Waals surface area (Å²) >= 11 is 5.73. The molecule has 0 unspecified atom stereocenters. The van der Waals surface area contributed by atoms with E-state index in [-0.39, 0.29) is 5.91 Å². The maximum absolute atomic E-state index is 11.8. The molecule has 0 aliphatic heterocycles. The summed E-state index contributed by atoms with van der Waals surface area (Å²) in [5, 5.41) is 3.13. The average Bonchev–Trinajstić information content (AvgIpc) is 2.34. The summed E-state index contributed by atoms with van der Waals surface area (Å²) in [4.78, 5) is 19.8. The van der Waals surface area contributed by atoms with Crippen LogP contribution in [-0.2, 0) is 0 Å². The third-order valence-corrected chi connectivity index (χ3v) is 2.41. The molecule has 17 heavy (non-hydrogen) atoms. The molecule has 2 aromatic heterocycles. The molecule has 1 N–H and O–H groups in total. The highest BCUT2D eigenvalue weighted by Gasteiger charge is 2.08. The fraction of sp³-hybridized carbons (Fsp3) is 0.0833. The van der Waals surface area contributed by atoms with Gasteiger partial charge in [0.1, 0.15) is 10.8 Å². The smallest absolute Gasteiger partial charge is 0.274 e. The Hall–Kier alpha value is -1.94. The van der Waals surface area contributed by atoms with Crippen LogP contribution in [0.2, 0.25) is 5.15 Å². The van der Waals surface area contributed by atoms with E-state index in [4.69, 9.17) is 11.6 Å². The van der Waals surface area contributed by atoms with E-state index in [0.717, 1.165) is 0 Å². The molecule has 0 saturated carbocycles. The number of amides is 1. The van der Waals surface area contributed by atoms with Crippen molar-refractivity contribution in [3.8, 4) is 0 Å². The van der Waals surface area contributed by atoms with Gasteiger partial charge in [0.2, 0.25) is 0 Å². The number of carbonyl (C=O) groups excluding carboxylic acids is 1. The van der Waals surface area contributed by atoms with E-state index in [9.17, 15) is 4.79 Å². The van der Waals surface area contributed by atoms with E-state index >= 15 is 0 Å². The first-order valence-electron chi connectivity index (χ1n) is 5.02. The van der Waals surface area contributed by atoms with E-state index < -0.39 is 0 Å². The number of pyridine rings is 2. The van der Waals surface area contributed by atoms with Crippen LogP contribution in [0.4, 0.5) is 5.69 Å². The number of hydrogen-bond acceptors (Lipinski definition) is 3. The van der Waals surface area contributed by atoms with Crippen molar-refractivity contribution < 1.29 is 4.79 Å². The minimum Gasteiger partial charge on any atom is -0.319 e. The first-order chi connectivity index (χ1) is 8.16. The highest BCUT2D eigenvalue weighted by atomic mass is 35.5. The van der Waals surface area contributed by atoms with Crippen LogP contribution in [0.5, 0.6) is 0 Å². The molecule has 1 amide bonds. The summed E-state index contributed by atoms with van der Waals surface area (Å²) in [6.07, 6.45) is 1.57. The fourth-order valence-electron chi connectivity index (χ4n) is 1.35. The van der Waals surface area contributed by atoms with Crippen molar-refractivity contribution in [1.29, 1.82) is 0 Å². The van der Waals surface area contributed by atoms with Gasteiger partial charge in [0.05, 0.1) is 11.4 Å². The van der Waals surface area contributed by atoms with Gasteiger partial charge in [-0.25, -0.2) is 4.98 Å². The second-order valence-corrected chi connectivity index (χ2v) is 3.82. The Morgan fingerprint density at radius 1 is 1.29 bits per heavy atom. The van der Waals surface area contributed by atoms with Gasteiger partial charge in [-0.05, 0) is 31.2 Å². The molecule has 0 aromatic carbocycles. The Labute approximate surface area is 104 Å². The second-order valence-electron chi connectivity index (χ2n) is 3.44. The van der Waals surface area contributed by atoms with Crippen LogP contribution in [0.1, 0.15) is 16.2 Å². The Kier molecular flexibility index (Phi) is 3.35. The SMILES string of the molecule is Cc1nc(Cl)ccc1NC(=O)c1ccccn1. The number of anilines is 1. The standard InChI is InChI=1S/C12H10ClN3O/c1-8-9(5-6-11(13)15-8)16-12(17)10-4-2-3-7-14-10/h2-7H,1H3,(H,16,17). The molecule has 2 rings (SSSR count). The molecular weight excluding hydrogens is 238 g/mol. The molecule has 0 fully saturated rings. The number of rotatable bonds is 2. The monoisotopic (exact) mass is 247 g/mol. The molecular formula is C12H10ClN3O. The zero-order valence-corrected chi connectivity index (χ0v) is 9.90. The van der Waals surface area contributed by atoms with Crippen LogP contribution in [0, 0.1) is 6.92 Å². The minimum atomic E-state index is -0.266. The van der Waals surface area contributed by atoms with Crippen LogP contribution in [0.3, 0.4) is 0 Å². The molecule has 2 heterocycles. The number of carbonyl (C=O) groups is 1. The number of aromatic nitrogens is 2. The molecule has 0 aliphatic carbocycles.